The lowest BCUT2D eigenvalue weighted by molar-refractivity contribution is 0.0951. The molecule has 0 unspecified atom stereocenters. The molecule has 4 rings (SSSR count). The number of nitrogens with zero attached hydrogens (tertiary/aromatic N) is 2. The Morgan fingerprint density at radius 3 is 2.42 bits per heavy atom. The van der Waals surface area contributed by atoms with E-state index in [1.807, 2.05) is 54.6 Å². The quantitative estimate of drug-likeness (QED) is 0.477. The minimum atomic E-state index is -0.349. The average Bonchev–Trinajstić information content (AvgIpc) is 3.23. The second kappa shape index (κ2) is 9.26. The topological polar surface area (TPSA) is 56.2 Å². The van der Waals surface area contributed by atoms with Crippen molar-refractivity contribution in [3.05, 3.63) is 108 Å². The van der Waals surface area contributed by atoms with E-state index in [1.54, 1.807) is 36.2 Å². The van der Waals surface area contributed by atoms with Crippen molar-refractivity contribution in [2.24, 2.45) is 0 Å². The summed E-state index contributed by atoms with van der Waals surface area (Å²) in [7, 11) is 1.60. The molecular weight excluding hydrogens is 393 g/mol. The number of methoxy groups -OCH3 is 1. The lowest BCUT2D eigenvalue weighted by Gasteiger charge is -2.07. The van der Waals surface area contributed by atoms with Crippen LogP contribution in [0.15, 0.2) is 85.1 Å². The van der Waals surface area contributed by atoms with Gasteiger partial charge in [-0.05, 0) is 35.9 Å². The summed E-state index contributed by atoms with van der Waals surface area (Å²) in [6.45, 7) is 0.627. The van der Waals surface area contributed by atoms with Gasteiger partial charge in [0, 0.05) is 23.9 Å². The van der Waals surface area contributed by atoms with Crippen molar-refractivity contribution < 1.29 is 13.9 Å². The SMILES string of the molecule is COc1ccc(-c2nn(Cc3ccccc3)cc2C(=O)NCc2ccccc2F)cc1. The van der Waals surface area contributed by atoms with Gasteiger partial charge < -0.3 is 10.1 Å². The molecule has 5 nitrogen and oxygen atoms in total. The molecular formula is C25H22FN3O2. The zero-order valence-electron chi connectivity index (χ0n) is 17.1. The number of amides is 1. The van der Waals surface area contributed by atoms with Crippen LogP contribution in [0.1, 0.15) is 21.5 Å². The van der Waals surface area contributed by atoms with Crippen LogP contribution < -0.4 is 10.1 Å². The van der Waals surface area contributed by atoms with Crippen LogP contribution in [-0.4, -0.2) is 22.8 Å². The van der Waals surface area contributed by atoms with E-state index >= 15 is 0 Å². The number of carbonyl (C=O) groups excluding carboxylic acids is 1. The first-order valence-corrected chi connectivity index (χ1v) is 9.91. The third kappa shape index (κ3) is 4.80. The number of rotatable bonds is 7. The third-order valence-electron chi connectivity index (χ3n) is 4.95. The molecule has 0 bridgehead atoms. The van der Waals surface area contributed by atoms with Crippen molar-refractivity contribution in [1.82, 2.24) is 15.1 Å². The van der Waals surface area contributed by atoms with Crippen LogP contribution in [-0.2, 0) is 13.1 Å². The molecule has 156 valence electrons. The molecule has 0 saturated heterocycles. The first-order chi connectivity index (χ1) is 15.1. The van der Waals surface area contributed by atoms with E-state index in [-0.39, 0.29) is 18.3 Å². The highest BCUT2D eigenvalue weighted by molar-refractivity contribution is 5.99. The van der Waals surface area contributed by atoms with Crippen molar-refractivity contribution in [3.63, 3.8) is 0 Å². The fraction of sp³-hybridized carbons (Fsp3) is 0.120. The molecule has 0 aliphatic rings. The molecule has 6 heteroatoms. The number of aromatic nitrogens is 2. The van der Waals surface area contributed by atoms with Gasteiger partial charge in [-0.3, -0.25) is 9.48 Å². The Hall–Kier alpha value is -3.93. The number of nitrogens with one attached hydrogen (secondary N) is 1. The lowest BCUT2D eigenvalue weighted by atomic mass is 10.1. The number of carbonyl (C=O) groups is 1. The molecule has 0 radical (unpaired) electrons. The van der Waals surface area contributed by atoms with E-state index in [0.29, 0.717) is 23.4 Å². The van der Waals surface area contributed by atoms with Gasteiger partial charge in [-0.15, -0.1) is 0 Å². The minimum absolute atomic E-state index is 0.0947. The molecule has 31 heavy (non-hydrogen) atoms. The van der Waals surface area contributed by atoms with Gasteiger partial charge in [-0.1, -0.05) is 48.5 Å². The summed E-state index contributed by atoms with van der Waals surface area (Å²) in [4.78, 5) is 13.0. The van der Waals surface area contributed by atoms with E-state index in [4.69, 9.17) is 4.74 Å². The Morgan fingerprint density at radius 2 is 1.71 bits per heavy atom. The second-order valence-corrected chi connectivity index (χ2v) is 7.08. The Bertz CT molecular complexity index is 1170. The number of benzene rings is 3. The molecule has 0 aliphatic heterocycles. The van der Waals surface area contributed by atoms with E-state index < -0.39 is 0 Å². The van der Waals surface area contributed by atoms with Crippen molar-refractivity contribution in [3.8, 4) is 17.0 Å². The van der Waals surface area contributed by atoms with Crippen LogP contribution in [0.5, 0.6) is 5.75 Å². The summed E-state index contributed by atoms with van der Waals surface area (Å²) in [5, 5.41) is 7.47. The molecule has 1 N–H and O–H groups in total. The zero-order valence-corrected chi connectivity index (χ0v) is 17.1. The van der Waals surface area contributed by atoms with Crippen LogP contribution in [0.2, 0.25) is 0 Å². The Labute approximate surface area is 180 Å². The van der Waals surface area contributed by atoms with Crippen LogP contribution in [0.3, 0.4) is 0 Å². The highest BCUT2D eigenvalue weighted by Gasteiger charge is 2.18. The first kappa shape index (κ1) is 20.3. The van der Waals surface area contributed by atoms with Crippen molar-refractivity contribution in [2.45, 2.75) is 13.1 Å². The number of ether oxygens (including phenoxy) is 1. The van der Waals surface area contributed by atoms with E-state index in [9.17, 15) is 9.18 Å². The van der Waals surface area contributed by atoms with Crippen molar-refractivity contribution in [1.29, 1.82) is 0 Å². The normalized spacial score (nSPS) is 10.6. The molecule has 3 aromatic carbocycles. The van der Waals surface area contributed by atoms with E-state index in [0.717, 1.165) is 16.9 Å². The molecule has 1 heterocycles. The molecule has 0 spiro atoms. The second-order valence-electron chi connectivity index (χ2n) is 7.08. The number of hydrogen-bond donors (Lipinski definition) is 1. The molecule has 1 aromatic heterocycles. The molecule has 4 aromatic rings. The number of halogens is 1. The highest BCUT2D eigenvalue weighted by Crippen LogP contribution is 2.25. The van der Waals surface area contributed by atoms with Gasteiger partial charge in [0.2, 0.25) is 0 Å². The number of hydrogen-bond acceptors (Lipinski definition) is 3. The average molecular weight is 415 g/mol. The first-order valence-electron chi connectivity index (χ1n) is 9.91. The summed E-state index contributed by atoms with van der Waals surface area (Å²) in [6.07, 6.45) is 1.73. The minimum Gasteiger partial charge on any atom is -0.497 e. The monoisotopic (exact) mass is 415 g/mol. The van der Waals surface area contributed by atoms with E-state index in [2.05, 4.69) is 10.4 Å². The van der Waals surface area contributed by atoms with E-state index in [1.165, 1.54) is 6.07 Å². The van der Waals surface area contributed by atoms with Crippen LogP contribution in [0, 0.1) is 5.82 Å². The van der Waals surface area contributed by atoms with Gasteiger partial charge in [-0.25, -0.2) is 4.39 Å². The molecule has 0 fully saturated rings. The van der Waals surface area contributed by atoms with Gasteiger partial charge >= 0.3 is 0 Å². The fourth-order valence-corrected chi connectivity index (χ4v) is 3.31. The molecule has 0 saturated carbocycles. The maximum Gasteiger partial charge on any atom is 0.255 e. The highest BCUT2D eigenvalue weighted by atomic mass is 19.1. The zero-order chi connectivity index (χ0) is 21.6. The van der Waals surface area contributed by atoms with Crippen molar-refractivity contribution in [2.75, 3.05) is 7.11 Å². The van der Waals surface area contributed by atoms with Gasteiger partial charge in [0.1, 0.15) is 17.3 Å². The van der Waals surface area contributed by atoms with Gasteiger partial charge in [0.25, 0.3) is 5.91 Å². The van der Waals surface area contributed by atoms with Crippen LogP contribution >= 0.6 is 0 Å². The van der Waals surface area contributed by atoms with Crippen LogP contribution in [0.25, 0.3) is 11.3 Å². The molecule has 0 aliphatic carbocycles. The summed E-state index contributed by atoms with van der Waals surface area (Å²) < 4.78 is 20.9. The smallest absolute Gasteiger partial charge is 0.255 e. The predicted octanol–water partition coefficient (Wildman–Crippen LogP) is 4.68. The third-order valence-corrected chi connectivity index (χ3v) is 4.95. The molecule has 1 amide bonds. The Kier molecular flexibility index (Phi) is 6.08. The van der Waals surface area contributed by atoms with Crippen LogP contribution in [0.4, 0.5) is 4.39 Å². The fourth-order valence-electron chi connectivity index (χ4n) is 3.31. The predicted molar refractivity (Wildman–Crippen MR) is 117 cm³/mol. The molecule has 0 atom stereocenters. The van der Waals surface area contributed by atoms with Gasteiger partial charge in [-0.2, -0.15) is 5.10 Å². The summed E-state index contributed by atoms with van der Waals surface area (Å²) >= 11 is 0. The maximum atomic E-state index is 13.9. The largest absolute Gasteiger partial charge is 0.497 e. The lowest BCUT2D eigenvalue weighted by Crippen LogP contribution is -2.23. The maximum absolute atomic E-state index is 13.9. The van der Waals surface area contributed by atoms with Gasteiger partial charge in [0.05, 0.1) is 19.2 Å². The summed E-state index contributed by atoms with van der Waals surface area (Å²) in [6, 6.07) is 23.7. The summed E-state index contributed by atoms with van der Waals surface area (Å²) in [5.74, 6) is 0.0596. The Balaban J connectivity index is 1.63. The standard InChI is InChI=1S/C25H22FN3O2/c1-31-21-13-11-19(12-14-21)24-22(17-29(28-24)16-18-7-3-2-4-8-18)25(30)27-15-20-9-5-6-10-23(20)26/h2-14,17H,15-16H2,1H3,(H,27,30). The summed E-state index contributed by atoms with van der Waals surface area (Å²) in [5.41, 5.74) is 3.29. The van der Waals surface area contributed by atoms with Crippen molar-refractivity contribution >= 4 is 5.91 Å². The Morgan fingerprint density at radius 1 is 1.00 bits per heavy atom. The van der Waals surface area contributed by atoms with Gasteiger partial charge in [0.15, 0.2) is 0 Å².